The lowest BCUT2D eigenvalue weighted by atomic mass is 9.77. The van der Waals surface area contributed by atoms with E-state index in [1.807, 2.05) is 13.8 Å². The van der Waals surface area contributed by atoms with Gasteiger partial charge in [0.2, 0.25) is 5.79 Å². The number of hydrogen-bond acceptors (Lipinski definition) is 3. The summed E-state index contributed by atoms with van der Waals surface area (Å²) in [5.74, 6) is 1.21. The first-order valence-electron chi connectivity index (χ1n) is 8.40. The average molecular weight is 307 g/mol. The summed E-state index contributed by atoms with van der Waals surface area (Å²) in [5.41, 5.74) is 6.94. The van der Waals surface area contributed by atoms with Gasteiger partial charge in [0.15, 0.2) is 11.5 Å². The van der Waals surface area contributed by atoms with Gasteiger partial charge in [-0.05, 0) is 48.2 Å². The Bertz CT molecular complexity index is 825. The standard InChI is InChI=1S/C20H21NO2/c1-20(2)22-16-8-7-13-11-15-17-12(9-10-21(15)3)5-4-6-14(17)18(13)19(16)23-20/h4-8,15H,9-11H2,1-3H3/t15-/m1/s1. The first kappa shape index (κ1) is 13.4. The summed E-state index contributed by atoms with van der Waals surface area (Å²) >= 11 is 0. The summed E-state index contributed by atoms with van der Waals surface area (Å²) in [5, 5.41) is 0. The Morgan fingerprint density at radius 2 is 1.96 bits per heavy atom. The quantitative estimate of drug-likeness (QED) is 0.735. The molecule has 1 atom stereocenters. The fourth-order valence-electron chi connectivity index (χ4n) is 4.36. The molecule has 2 heterocycles. The average Bonchev–Trinajstić information content (AvgIpc) is 2.84. The number of benzene rings is 2. The maximum Gasteiger partial charge on any atom is 0.246 e. The van der Waals surface area contributed by atoms with Crippen LogP contribution < -0.4 is 9.47 Å². The van der Waals surface area contributed by atoms with Crippen LogP contribution in [0.15, 0.2) is 30.3 Å². The molecule has 3 nitrogen and oxygen atoms in total. The third kappa shape index (κ3) is 1.80. The van der Waals surface area contributed by atoms with E-state index in [0.717, 1.165) is 30.9 Å². The molecule has 118 valence electrons. The van der Waals surface area contributed by atoms with Gasteiger partial charge < -0.3 is 9.47 Å². The number of rotatable bonds is 0. The van der Waals surface area contributed by atoms with Crippen LogP contribution in [0, 0.1) is 0 Å². The molecule has 1 aliphatic carbocycles. The molecule has 5 rings (SSSR count). The monoisotopic (exact) mass is 307 g/mol. The van der Waals surface area contributed by atoms with E-state index >= 15 is 0 Å². The smallest absolute Gasteiger partial charge is 0.246 e. The van der Waals surface area contributed by atoms with Crippen molar-refractivity contribution in [3.63, 3.8) is 0 Å². The highest BCUT2D eigenvalue weighted by atomic mass is 16.7. The van der Waals surface area contributed by atoms with Crippen LogP contribution in [0.1, 0.15) is 36.6 Å². The zero-order valence-electron chi connectivity index (χ0n) is 13.8. The molecule has 23 heavy (non-hydrogen) atoms. The minimum Gasteiger partial charge on any atom is -0.449 e. The molecular formula is C20H21NO2. The van der Waals surface area contributed by atoms with Crippen LogP contribution in [-0.4, -0.2) is 24.3 Å². The molecule has 2 aromatic carbocycles. The van der Waals surface area contributed by atoms with E-state index in [1.54, 1.807) is 0 Å². The van der Waals surface area contributed by atoms with Crippen LogP contribution in [-0.2, 0) is 12.8 Å². The maximum atomic E-state index is 6.17. The van der Waals surface area contributed by atoms with Crippen molar-refractivity contribution >= 4 is 0 Å². The summed E-state index contributed by atoms with van der Waals surface area (Å²) in [6.07, 6.45) is 2.18. The zero-order chi connectivity index (χ0) is 15.8. The van der Waals surface area contributed by atoms with Gasteiger partial charge in [-0.3, -0.25) is 4.90 Å². The lowest BCUT2D eigenvalue weighted by Gasteiger charge is -2.39. The highest BCUT2D eigenvalue weighted by molar-refractivity contribution is 5.83. The normalized spacial score (nSPS) is 23.3. The summed E-state index contributed by atoms with van der Waals surface area (Å²) in [7, 11) is 2.24. The molecule has 0 bridgehead atoms. The van der Waals surface area contributed by atoms with Crippen molar-refractivity contribution < 1.29 is 9.47 Å². The molecule has 0 fully saturated rings. The van der Waals surface area contributed by atoms with Crippen LogP contribution in [0.4, 0.5) is 0 Å². The van der Waals surface area contributed by atoms with E-state index in [0.29, 0.717) is 6.04 Å². The van der Waals surface area contributed by atoms with Crippen LogP contribution in [0.3, 0.4) is 0 Å². The van der Waals surface area contributed by atoms with E-state index in [-0.39, 0.29) is 0 Å². The van der Waals surface area contributed by atoms with Gasteiger partial charge in [-0.1, -0.05) is 24.3 Å². The van der Waals surface area contributed by atoms with E-state index < -0.39 is 5.79 Å². The topological polar surface area (TPSA) is 21.7 Å². The first-order valence-corrected chi connectivity index (χ1v) is 8.40. The first-order chi connectivity index (χ1) is 11.0. The van der Waals surface area contributed by atoms with Gasteiger partial charge >= 0.3 is 0 Å². The predicted octanol–water partition coefficient (Wildman–Crippen LogP) is 3.95. The minimum atomic E-state index is -0.583. The Balaban J connectivity index is 1.79. The molecule has 2 aromatic rings. The van der Waals surface area contributed by atoms with Gasteiger partial charge in [0.05, 0.1) is 0 Å². The van der Waals surface area contributed by atoms with Gasteiger partial charge in [0.1, 0.15) is 0 Å². The van der Waals surface area contributed by atoms with E-state index in [1.165, 1.54) is 27.8 Å². The van der Waals surface area contributed by atoms with E-state index in [9.17, 15) is 0 Å². The molecule has 0 radical (unpaired) electrons. The molecule has 0 N–H and O–H groups in total. The summed E-state index contributed by atoms with van der Waals surface area (Å²) in [4.78, 5) is 2.49. The van der Waals surface area contributed by atoms with Crippen molar-refractivity contribution in [3.05, 3.63) is 47.0 Å². The lowest BCUT2D eigenvalue weighted by Crippen LogP contribution is -2.35. The Morgan fingerprint density at radius 1 is 1.09 bits per heavy atom. The molecule has 3 heteroatoms. The molecule has 0 aromatic heterocycles. The molecule has 2 aliphatic heterocycles. The Morgan fingerprint density at radius 3 is 2.83 bits per heavy atom. The summed E-state index contributed by atoms with van der Waals surface area (Å²) < 4.78 is 12.1. The van der Waals surface area contributed by atoms with Crippen molar-refractivity contribution in [2.75, 3.05) is 13.6 Å². The third-order valence-corrected chi connectivity index (χ3v) is 5.39. The Kier molecular flexibility index (Phi) is 2.51. The zero-order valence-corrected chi connectivity index (χ0v) is 13.8. The second-order valence-corrected chi connectivity index (χ2v) is 7.36. The van der Waals surface area contributed by atoms with Crippen LogP contribution in [0.2, 0.25) is 0 Å². The van der Waals surface area contributed by atoms with Crippen molar-refractivity contribution in [2.45, 2.75) is 38.5 Å². The summed E-state index contributed by atoms with van der Waals surface area (Å²) in [6.45, 7) is 5.08. The fraction of sp³-hybridized carbons (Fsp3) is 0.400. The fourth-order valence-corrected chi connectivity index (χ4v) is 4.36. The van der Waals surface area contributed by atoms with Crippen molar-refractivity contribution in [2.24, 2.45) is 0 Å². The SMILES string of the molecule is CN1CCc2cccc3c2[C@H]1Cc1ccc2c(c1-3)OC(C)(C)O2. The number of fused-ring (bicyclic) bond motifs is 4. The summed E-state index contributed by atoms with van der Waals surface area (Å²) in [6, 6.07) is 11.5. The molecule has 0 saturated heterocycles. The van der Waals surface area contributed by atoms with Crippen LogP contribution in [0.25, 0.3) is 11.1 Å². The number of likely N-dealkylation sites (N-methyl/N-ethyl adjacent to an activating group) is 1. The number of hydrogen-bond donors (Lipinski definition) is 0. The van der Waals surface area contributed by atoms with E-state index in [2.05, 4.69) is 42.3 Å². The van der Waals surface area contributed by atoms with Gasteiger partial charge in [-0.2, -0.15) is 0 Å². The van der Waals surface area contributed by atoms with Crippen LogP contribution in [0.5, 0.6) is 11.5 Å². The minimum absolute atomic E-state index is 0.482. The van der Waals surface area contributed by atoms with Gasteiger partial charge in [-0.15, -0.1) is 0 Å². The Labute approximate surface area is 136 Å². The predicted molar refractivity (Wildman–Crippen MR) is 90.0 cm³/mol. The highest BCUT2D eigenvalue weighted by Gasteiger charge is 2.39. The molecule has 0 unspecified atom stereocenters. The van der Waals surface area contributed by atoms with Gasteiger partial charge in [0, 0.05) is 32.0 Å². The van der Waals surface area contributed by atoms with Gasteiger partial charge in [-0.25, -0.2) is 0 Å². The molecule has 0 spiro atoms. The van der Waals surface area contributed by atoms with Crippen molar-refractivity contribution in [1.82, 2.24) is 4.90 Å². The maximum absolute atomic E-state index is 6.17. The van der Waals surface area contributed by atoms with Gasteiger partial charge in [0.25, 0.3) is 0 Å². The number of ether oxygens (including phenoxy) is 2. The second kappa shape index (κ2) is 4.30. The second-order valence-electron chi connectivity index (χ2n) is 7.36. The van der Waals surface area contributed by atoms with Crippen molar-refractivity contribution in [3.8, 4) is 22.6 Å². The molecule has 3 aliphatic rings. The van der Waals surface area contributed by atoms with Crippen LogP contribution >= 0.6 is 0 Å². The lowest BCUT2D eigenvalue weighted by molar-refractivity contribution is -0.0429. The number of nitrogens with zero attached hydrogens (tertiary/aromatic N) is 1. The Hall–Kier alpha value is -2.00. The van der Waals surface area contributed by atoms with Crippen molar-refractivity contribution in [1.29, 1.82) is 0 Å². The molecule has 0 amide bonds. The third-order valence-electron chi connectivity index (χ3n) is 5.39. The molecular weight excluding hydrogens is 286 g/mol. The highest BCUT2D eigenvalue weighted by Crippen LogP contribution is 2.53. The largest absolute Gasteiger partial charge is 0.449 e. The van der Waals surface area contributed by atoms with E-state index in [4.69, 9.17) is 9.47 Å². The molecule has 0 saturated carbocycles.